The minimum Gasteiger partial charge on any atom is -0.444 e. The summed E-state index contributed by atoms with van der Waals surface area (Å²) < 4.78 is 8.17. The Labute approximate surface area is 187 Å². The summed E-state index contributed by atoms with van der Waals surface area (Å²) in [6, 6.07) is 9.63. The van der Waals surface area contributed by atoms with Crippen molar-refractivity contribution < 1.29 is 9.53 Å². The van der Waals surface area contributed by atoms with Gasteiger partial charge >= 0.3 is 6.09 Å². The molecule has 8 heteroatoms. The van der Waals surface area contributed by atoms with Crippen molar-refractivity contribution in [3.8, 4) is 0 Å². The van der Waals surface area contributed by atoms with Gasteiger partial charge in [-0.3, -0.25) is 9.72 Å². The molecule has 6 nitrogen and oxygen atoms in total. The molecule has 1 saturated carbocycles. The number of nitrogens with one attached hydrogen (secondary N) is 1. The van der Waals surface area contributed by atoms with Gasteiger partial charge in [0, 0.05) is 24.5 Å². The molecule has 0 bridgehead atoms. The first-order valence-electron chi connectivity index (χ1n) is 9.45. The van der Waals surface area contributed by atoms with Gasteiger partial charge in [0.15, 0.2) is 5.15 Å². The van der Waals surface area contributed by atoms with Crippen LogP contribution in [0, 0.1) is 3.70 Å². The van der Waals surface area contributed by atoms with Crippen LogP contribution in [0.4, 0.5) is 4.79 Å². The standard InChI is InChI=1S/C21H20ClIN4O2/c22-18-17-19(23)26-20(27(17)11-10-24-18)16-8-6-14(7-9-16)12-25-21(28)29-13-15-4-2-1-3-5-15/h1-5,10-12,16H,6-9,13H2,(H,25,28). The second-order valence-electron chi connectivity index (χ2n) is 6.98. The lowest BCUT2D eigenvalue weighted by Gasteiger charge is -2.23. The third-order valence-electron chi connectivity index (χ3n) is 5.09. The number of nitrogens with zero attached hydrogens (tertiary/aromatic N) is 3. The number of aromatic nitrogens is 3. The van der Waals surface area contributed by atoms with Crippen molar-refractivity contribution in [3.05, 3.63) is 74.7 Å². The molecular formula is C21H20ClIN4O2. The predicted molar refractivity (Wildman–Crippen MR) is 120 cm³/mol. The van der Waals surface area contributed by atoms with Crippen molar-refractivity contribution in [1.82, 2.24) is 19.7 Å². The maximum absolute atomic E-state index is 11.9. The lowest BCUT2D eigenvalue weighted by Crippen LogP contribution is -2.20. The number of hydrogen-bond donors (Lipinski definition) is 1. The number of ether oxygens (including phenoxy) is 1. The fraction of sp³-hybridized carbons (Fsp3) is 0.286. The summed E-state index contributed by atoms with van der Waals surface area (Å²) in [5.74, 6) is 1.38. The maximum Gasteiger partial charge on any atom is 0.411 e. The first kappa shape index (κ1) is 20.2. The van der Waals surface area contributed by atoms with Crippen molar-refractivity contribution in [2.45, 2.75) is 38.2 Å². The number of alkyl carbamates (subject to hydrolysis) is 1. The Balaban J connectivity index is 1.32. The van der Waals surface area contributed by atoms with Gasteiger partial charge < -0.3 is 4.74 Å². The Morgan fingerprint density at radius 2 is 2.07 bits per heavy atom. The number of halogens is 2. The van der Waals surface area contributed by atoms with Gasteiger partial charge in [-0.1, -0.05) is 47.5 Å². The number of benzene rings is 1. The first-order chi connectivity index (χ1) is 14.1. The zero-order chi connectivity index (χ0) is 20.2. The van der Waals surface area contributed by atoms with E-state index >= 15 is 0 Å². The number of carbonyl (C=O) groups is 1. The number of rotatable bonds is 4. The zero-order valence-corrected chi connectivity index (χ0v) is 18.6. The molecule has 1 amide bonds. The molecule has 150 valence electrons. The summed E-state index contributed by atoms with van der Waals surface area (Å²) in [5.41, 5.74) is 3.05. The molecule has 0 aliphatic heterocycles. The highest BCUT2D eigenvalue weighted by Crippen LogP contribution is 2.36. The smallest absolute Gasteiger partial charge is 0.411 e. The molecule has 0 radical (unpaired) electrons. The van der Waals surface area contributed by atoms with Crippen LogP contribution in [0.2, 0.25) is 5.15 Å². The minimum atomic E-state index is -0.431. The van der Waals surface area contributed by atoms with Crippen LogP contribution in [0.25, 0.3) is 5.52 Å². The van der Waals surface area contributed by atoms with E-state index in [0.29, 0.717) is 11.1 Å². The molecule has 0 spiro atoms. The second kappa shape index (κ2) is 9.13. The fourth-order valence-corrected chi connectivity index (χ4v) is 4.75. The van der Waals surface area contributed by atoms with E-state index in [1.54, 1.807) is 12.4 Å². The van der Waals surface area contributed by atoms with Gasteiger partial charge in [0.1, 0.15) is 21.6 Å². The highest BCUT2D eigenvalue weighted by Gasteiger charge is 2.24. The summed E-state index contributed by atoms with van der Waals surface area (Å²) in [6.45, 7) is 0.265. The van der Waals surface area contributed by atoms with E-state index in [1.165, 1.54) is 5.57 Å². The van der Waals surface area contributed by atoms with Crippen LogP contribution in [-0.2, 0) is 11.3 Å². The van der Waals surface area contributed by atoms with Crippen molar-refractivity contribution in [2.75, 3.05) is 0 Å². The summed E-state index contributed by atoms with van der Waals surface area (Å²) in [7, 11) is 0. The van der Waals surface area contributed by atoms with Crippen molar-refractivity contribution in [3.63, 3.8) is 0 Å². The largest absolute Gasteiger partial charge is 0.444 e. The number of imidazole rings is 1. The van der Waals surface area contributed by atoms with E-state index in [4.69, 9.17) is 21.3 Å². The second-order valence-corrected chi connectivity index (χ2v) is 8.36. The molecule has 3 aromatic rings. The molecule has 1 aliphatic carbocycles. The van der Waals surface area contributed by atoms with Crippen molar-refractivity contribution in [1.29, 1.82) is 0 Å². The minimum absolute atomic E-state index is 0.265. The van der Waals surface area contributed by atoms with Gasteiger partial charge in [-0.2, -0.15) is 0 Å². The highest BCUT2D eigenvalue weighted by atomic mass is 127. The van der Waals surface area contributed by atoms with Gasteiger partial charge in [0.05, 0.1) is 0 Å². The molecule has 1 N–H and O–H groups in total. The Morgan fingerprint density at radius 3 is 2.83 bits per heavy atom. The quantitative estimate of drug-likeness (QED) is 0.462. The summed E-state index contributed by atoms with van der Waals surface area (Å²) >= 11 is 8.44. The topological polar surface area (TPSA) is 68.5 Å². The highest BCUT2D eigenvalue weighted by molar-refractivity contribution is 14.1. The van der Waals surface area contributed by atoms with Crippen molar-refractivity contribution >= 4 is 45.8 Å². The number of hydrogen-bond acceptors (Lipinski definition) is 4. The number of amides is 1. The van der Waals surface area contributed by atoms with Crippen LogP contribution < -0.4 is 5.32 Å². The summed E-state index contributed by atoms with van der Waals surface area (Å²) in [4.78, 5) is 20.8. The van der Waals surface area contributed by atoms with Crippen LogP contribution in [0.3, 0.4) is 0 Å². The molecule has 1 aliphatic rings. The first-order valence-corrected chi connectivity index (χ1v) is 10.9. The van der Waals surface area contributed by atoms with Crippen LogP contribution in [-0.4, -0.2) is 20.5 Å². The zero-order valence-electron chi connectivity index (χ0n) is 15.6. The van der Waals surface area contributed by atoms with Crippen molar-refractivity contribution in [2.24, 2.45) is 0 Å². The Hall–Kier alpha value is -2.13. The molecule has 4 rings (SSSR count). The van der Waals surface area contributed by atoms with E-state index in [0.717, 1.165) is 46.3 Å². The van der Waals surface area contributed by atoms with E-state index in [9.17, 15) is 4.79 Å². The Kier molecular flexibility index (Phi) is 6.34. The number of carbonyl (C=O) groups excluding carboxylic acids is 1. The molecule has 0 saturated heterocycles. The molecule has 1 fully saturated rings. The van der Waals surface area contributed by atoms with Gasteiger partial charge in [0.25, 0.3) is 0 Å². The number of fused-ring (bicyclic) bond motifs is 1. The van der Waals surface area contributed by atoms with Crippen LogP contribution in [0.15, 0.2) is 54.5 Å². The van der Waals surface area contributed by atoms with Gasteiger partial charge in [-0.15, -0.1) is 0 Å². The van der Waals surface area contributed by atoms with E-state index in [1.807, 2.05) is 36.5 Å². The monoisotopic (exact) mass is 522 g/mol. The predicted octanol–water partition coefficient (Wildman–Crippen LogP) is 5.46. The van der Waals surface area contributed by atoms with Gasteiger partial charge in [-0.25, -0.2) is 14.8 Å². The third kappa shape index (κ3) is 4.72. The van der Waals surface area contributed by atoms with E-state index in [2.05, 4.69) is 37.3 Å². The summed E-state index contributed by atoms with van der Waals surface area (Å²) in [6.07, 6.45) is 8.75. The molecule has 2 heterocycles. The van der Waals surface area contributed by atoms with Crippen LogP contribution in [0.1, 0.15) is 43.0 Å². The molecule has 1 aromatic carbocycles. The Morgan fingerprint density at radius 1 is 1.31 bits per heavy atom. The average Bonchev–Trinajstić information content (AvgIpc) is 3.09. The van der Waals surface area contributed by atoms with Gasteiger partial charge in [0.2, 0.25) is 0 Å². The normalized spacial score (nSPS) is 16.6. The fourth-order valence-electron chi connectivity index (χ4n) is 3.59. The van der Waals surface area contributed by atoms with Crippen LogP contribution >= 0.6 is 34.2 Å². The molecule has 29 heavy (non-hydrogen) atoms. The molecule has 0 unspecified atom stereocenters. The summed E-state index contributed by atoms with van der Waals surface area (Å²) in [5, 5.41) is 3.22. The maximum atomic E-state index is 11.9. The molecular weight excluding hydrogens is 503 g/mol. The number of allylic oxidation sites excluding steroid dienone is 1. The molecule has 2 aromatic heterocycles. The van der Waals surface area contributed by atoms with Crippen LogP contribution in [0.5, 0.6) is 0 Å². The van der Waals surface area contributed by atoms with E-state index < -0.39 is 6.09 Å². The lowest BCUT2D eigenvalue weighted by molar-refractivity contribution is 0.143. The van der Waals surface area contributed by atoms with Gasteiger partial charge in [-0.05, 0) is 53.8 Å². The average molecular weight is 523 g/mol. The van der Waals surface area contributed by atoms with E-state index in [-0.39, 0.29) is 6.61 Å². The molecule has 0 atom stereocenters. The SMILES string of the molecule is O=C(NC=C1CCC(c2nc(I)c3c(Cl)nccn23)CC1)OCc1ccccc1. The third-order valence-corrected chi connectivity index (χ3v) is 6.12. The Bertz CT molecular complexity index is 1040. The lowest BCUT2D eigenvalue weighted by atomic mass is 9.85.